The number of benzene rings is 1. The molecule has 15 heteroatoms. The van der Waals surface area contributed by atoms with E-state index in [-0.39, 0.29) is 18.0 Å². The smallest absolute Gasteiger partial charge is 0.311 e. The molecule has 7 N–H and O–H groups in total. The Morgan fingerprint density at radius 2 is 1.80 bits per heavy atom. The number of rotatable bonds is 4. The zero-order valence-corrected chi connectivity index (χ0v) is 13.1. The van der Waals surface area contributed by atoms with Gasteiger partial charge in [0, 0.05) is 5.69 Å². The normalized spacial score (nSPS) is 13.6. The molecule has 0 saturated heterocycles. The van der Waals surface area contributed by atoms with Gasteiger partial charge in [-0.05, 0) is 12.1 Å². The van der Waals surface area contributed by atoms with Crippen molar-refractivity contribution in [2.75, 3.05) is 23.7 Å². The molecule has 0 atom stereocenters. The summed E-state index contributed by atoms with van der Waals surface area (Å²) in [7, 11) is -9.64. The van der Waals surface area contributed by atoms with E-state index in [1.807, 2.05) is 0 Å². The largest absolute Gasteiger partial charge is 0.368 e. The highest BCUT2D eigenvalue weighted by atomic mass is 32.5. The predicted molar refractivity (Wildman–Crippen MR) is 81.5 cm³/mol. The van der Waals surface area contributed by atoms with E-state index in [0.29, 0.717) is 7.18 Å². The van der Waals surface area contributed by atoms with Crippen molar-refractivity contribution >= 4 is 33.5 Å². The van der Waals surface area contributed by atoms with Gasteiger partial charge >= 0.3 is 10.2 Å². The predicted octanol–water partition coefficient (Wildman–Crippen LogP) is 3.53. The highest BCUT2D eigenvalue weighted by molar-refractivity contribution is 8.45. The SMILES string of the molecule is CF.N#Cc1c(NN)cc(Nc2n[nH]c(N)n2)cc1S(F)(F)(F)(F)F. The van der Waals surface area contributed by atoms with Gasteiger partial charge in [-0.1, -0.05) is 19.4 Å². The highest BCUT2D eigenvalue weighted by Crippen LogP contribution is 3.02. The van der Waals surface area contributed by atoms with Gasteiger partial charge in [0.15, 0.2) is 0 Å². The molecule has 0 fully saturated rings. The minimum Gasteiger partial charge on any atom is -0.368 e. The van der Waals surface area contributed by atoms with Gasteiger partial charge in [-0.2, -0.15) is 10.2 Å². The molecule has 2 aromatic rings. The molecule has 0 aliphatic rings. The molecule has 1 aromatic heterocycles. The summed E-state index contributed by atoms with van der Waals surface area (Å²) in [6.07, 6.45) is 0. The van der Waals surface area contributed by atoms with E-state index in [2.05, 4.69) is 20.5 Å². The number of H-pyrrole nitrogens is 1. The third-order valence-electron chi connectivity index (χ3n) is 2.54. The lowest BCUT2D eigenvalue weighted by Gasteiger charge is -2.41. The number of nitrogen functional groups attached to an aromatic ring is 2. The van der Waals surface area contributed by atoms with Crippen LogP contribution in [0.1, 0.15) is 5.56 Å². The van der Waals surface area contributed by atoms with Crippen molar-refractivity contribution in [2.24, 2.45) is 5.84 Å². The Balaban J connectivity index is 0.00000151. The lowest BCUT2D eigenvalue weighted by Crippen LogP contribution is -2.14. The number of aromatic amines is 1. The van der Waals surface area contributed by atoms with Crippen LogP contribution in [0.2, 0.25) is 0 Å². The number of hydrogen-bond acceptors (Lipinski definition) is 7. The fraction of sp³-hybridized carbons (Fsp3) is 0.100. The van der Waals surface area contributed by atoms with Gasteiger partial charge in [0.1, 0.15) is 11.0 Å². The van der Waals surface area contributed by atoms with Crippen molar-refractivity contribution in [3.05, 3.63) is 17.7 Å². The maximum Gasteiger partial charge on any atom is 0.311 e. The Kier molecular flexibility index (Phi) is 4.76. The van der Waals surface area contributed by atoms with Crippen LogP contribution in [-0.4, -0.2) is 22.4 Å². The van der Waals surface area contributed by atoms with Crippen molar-refractivity contribution in [1.29, 1.82) is 5.26 Å². The third kappa shape index (κ3) is 4.81. The molecule has 0 spiro atoms. The van der Waals surface area contributed by atoms with E-state index in [1.54, 1.807) is 5.43 Å². The van der Waals surface area contributed by atoms with Crippen LogP contribution in [0.3, 0.4) is 0 Å². The summed E-state index contributed by atoms with van der Waals surface area (Å²) in [6.45, 7) is 0. The Hall–Kier alpha value is -2.86. The molecule has 1 heterocycles. The molecular formula is C10H12F6N8S. The molecule has 0 saturated carbocycles. The van der Waals surface area contributed by atoms with Gasteiger partial charge in [-0.15, -0.1) is 5.10 Å². The zero-order valence-electron chi connectivity index (χ0n) is 12.3. The molecular weight excluding hydrogens is 378 g/mol. The van der Waals surface area contributed by atoms with Crippen molar-refractivity contribution in [3.63, 3.8) is 0 Å². The average molecular weight is 390 g/mol. The Morgan fingerprint density at radius 3 is 2.20 bits per heavy atom. The van der Waals surface area contributed by atoms with Crippen LogP contribution in [0.4, 0.5) is 47.1 Å². The van der Waals surface area contributed by atoms with E-state index in [9.17, 15) is 23.8 Å². The maximum atomic E-state index is 13.1. The Morgan fingerprint density at radius 1 is 1.20 bits per heavy atom. The van der Waals surface area contributed by atoms with E-state index < -0.39 is 32.1 Å². The number of halogens is 6. The number of nitrogens with zero attached hydrogens (tertiary/aromatic N) is 3. The molecule has 0 amide bonds. The molecule has 2 rings (SSSR count). The summed E-state index contributed by atoms with van der Waals surface area (Å²) < 4.78 is 75.1. The molecule has 140 valence electrons. The quantitative estimate of drug-likeness (QED) is 0.305. The zero-order chi connectivity index (χ0) is 19.5. The number of nitrogens with two attached hydrogens (primary N) is 2. The first-order valence-electron chi connectivity index (χ1n) is 5.95. The van der Waals surface area contributed by atoms with E-state index in [1.165, 1.54) is 0 Å². The van der Waals surface area contributed by atoms with Crippen LogP contribution in [0.15, 0.2) is 17.0 Å². The monoisotopic (exact) mass is 390 g/mol. The molecule has 25 heavy (non-hydrogen) atoms. The molecule has 0 radical (unpaired) electrons. The van der Waals surface area contributed by atoms with Crippen molar-refractivity contribution < 1.29 is 23.8 Å². The molecule has 0 aliphatic carbocycles. The molecule has 1 aromatic carbocycles. The van der Waals surface area contributed by atoms with Crippen LogP contribution in [0.5, 0.6) is 0 Å². The topological polar surface area (TPSA) is 141 Å². The van der Waals surface area contributed by atoms with Gasteiger partial charge in [0.05, 0.1) is 18.4 Å². The first-order chi connectivity index (χ1) is 11.3. The van der Waals surface area contributed by atoms with Gasteiger partial charge in [0.2, 0.25) is 11.9 Å². The second kappa shape index (κ2) is 5.89. The maximum absolute atomic E-state index is 13.1. The Bertz CT molecular complexity index is 812. The summed E-state index contributed by atoms with van der Waals surface area (Å²) in [5.74, 6) is 4.60. The number of aromatic nitrogens is 3. The minimum absolute atomic E-state index is 0.0769. The summed E-state index contributed by atoms with van der Waals surface area (Å²) in [4.78, 5) is 1.17. The Labute approximate surface area is 136 Å². The average Bonchev–Trinajstić information content (AvgIpc) is 2.91. The number of hydrazine groups is 1. The lowest BCUT2D eigenvalue weighted by atomic mass is 10.1. The van der Waals surface area contributed by atoms with Crippen LogP contribution >= 0.6 is 10.2 Å². The van der Waals surface area contributed by atoms with Gasteiger partial charge in [0.25, 0.3) is 0 Å². The summed E-state index contributed by atoms with van der Waals surface area (Å²) in [5, 5.41) is 16.7. The van der Waals surface area contributed by atoms with Gasteiger partial charge in [-0.25, -0.2) is 5.10 Å². The standard InChI is InChI=1S/C9H9F5N8S.CH3F/c10-23(11,12,13,14)7-2-4(1-6(20-17)5(7)3-15)18-9-19-8(16)21-22-9;1-2/h1-2,20H,17H2,(H4,16,18,19,21,22);1H3. The second-order valence-corrected chi connectivity index (χ2v) is 6.67. The first-order valence-corrected chi connectivity index (χ1v) is 7.90. The van der Waals surface area contributed by atoms with Crippen molar-refractivity contribution in [2.45, 2.75) is 4.90 Å². The second-order valence-electron chi connectivity index (χ2n) is 4.29. The number of anilines is 4. The fourth-order valence-electron chi connectivity index (χ4n) is 1.68. The fourth-order valence-corrected chi connectivity index (χ4v) is 2.57. The van der Waals surface area contributed by atoms with Crippen LogP contribution in [0, 0.1) is 11.3 Å². The number of hydrogen-bond donors (Lipinski definition) is 5. The number of nitriles is 1. The lowest BCUT2D eigenvalue weighted by molar-refractivity contribution is 0.363. The van der Waals surface area contributed by atoms with E-state index in [0.717, 1.165) is 12.1 Å². The summed E-state index contributed by atoms with van der Waals surface area (Å²) in [6, 6.07) is 2.06. The number of alkyl halides is 1. The summed E-state index contributed by atoms with van der Waals surface area (Å²) >= 11 is 0. The van der Waals surface area contributed by atoms with Crippen LogP contribution in [-0.2, 0) is 0 Å². The summed E-state index contributed by atoms with van der Waals surface area (Å²) in [5.41, 5.74) is 4.56. The van der Waals surface area contributed by atoms with Crippen molar-refractivity contribution in [3.8, 4) is 6.07 Å². The minimum atomic E-state index is -10.1. The van der Waals surface area contributed by atoms with Crippen LogP contribution < -0.4 is 22.3 Å². The third-order valence-corrected chi connectivity index (χ3v) is 3.70. The molecule has 0 unspecified atom stereocenters. The van der Waals surface area contributed by atoms with Gasteiger partial charge in [-0.3, -0.25) is 10.2 Å². The molecule has 0 bridgehead atoms. The van der Waals surface area contributed by atoms with E-state index in [4.69, 9.17) is 16.8 Å². The van der Waals surface area contributed by atoms with E-state index >= 15 is 0 Å². The molecule has 0 aliphatic heterocycles. The molecule has 8 nitrogen and oxygen atoms in total. The van der Waals surface area contributed by atoms with Crippen LogP contribution in [0.25, 0.3) is 0 Å². The van der Waals surface area contributed by atoms with Crippen molar-refractivity contribution in [1.82, 2.24) is 15.2 Å². The first kappa shape index (κ1) is 20.2. The van der Waals surface area contributed by atoms with Gasteiger partial charge < -0.3 is 16.5 Å². The highest BCUT2D eigenvalue weighted by Gasteiger charge is 2.67. The number of nitrogens with one attached hydrogen (secondary N) is 3.